The second-order valence-corrected chi connectivity index (χ2v) is 5.68. The summed E-state index contributed by atoms with van der Waals surface area (Å²) < 4.78 is 0. The first kappa shape index (κ1) is 12.4. The van der Waals surface area contributed by atoms with E-state index < -0.39 is 0 Å². The molecular formula is C14H28N2. The van der Waals surface area contributed by atoms with E-state index in [0.717, 1.165) is 12.0 Å². The highest BCUT2D eigenvalue weighted by atomic mass is 15.1. The van der Waals surface area contributed by atoms with Crippen LogP contribution in [-0.2, 0) is 0 Å². The molecule has 94 valence electrons. The lowest BCUT2D eigenvalue weighted by molar-refractivity contribution is 0.239. The fraction of sp³-hybridized carbons (Fsp3) is 1.00. The van der Waals surface area contributed by atoms with Crippen LogP contribution in [-0.4, -0.2) is 37.1 Å². The number of rotatable bonds is 8. The minimum Gasteiger partial charge on any atom is -0.313 e. The lowest BCUT2D eigenvalue weighted by atomic mass is 10.2. The standard InChI is InChI=1S/C14H28N2/c1-2-3-10-16(11-8-13-6-7-13)12-14-5-4-9-15-14/h13-15H,2-12H2,1H3. The molecule has 0 bridgehead atoms. The first-order valence-corrected chi connectivity index (χ1v) is 7.34. The van der Waals surface area contributed by atoms with Gasteiger partial charge in [0, 0.05) is 12.6 Å². The van der Waals surface area contributed by atoms with Crippen LogP contribution < -0.4 is 5.32 Å². The second kappa shape index (κ2) is 6.61. The summed E-state index contributed by atoms with van der Waals surface area (Å²) in [6.45, 7) is 7.51. The average molecular weight is 224 g/mol. The fourth-order valence-electron chi connectivity index (χ4n) is 2.67. The summed E-state index contributed by atoms with van der Waals surface area (Å²) >= 11 is 0. The van der Waals surface area contributed by atoms with Crippen molar-refractivity contribution in [2.24, 2.45) is 5.92 Å². The normalized spacial score (nSPS) is 25.5. The SMILES string of the molecule is CCCCN(CCC1CC1)CC1CCCN1. The third kappa shape index (κ3) is 4.42. The van der Waals surface area contributed by atoms with Crippen LogP contribution in [0.25, 0.3) is 0 Å². The van der Waals surface area contributed by atoms with E-state index in [1.54, 1.807) is 0 Å². The van der Waals surface area contributed by atoms with Crippen molar-refractivity contribution in [3.63, 3.8) is 0 Å². The lowest BCUT2D eigenvalue weighted by Gasteiger charge is -2.25. The maximum Gasteiger partial charge on any atom is 0.0195 e. The van der Waals surface area contributed by atoms with Crippen molar-refractivity contribution in [3.05, 3.63) is 0 Å². The molecule has 1 saturated carbocycles. The molecule has 0 aromatic rings. The predicted octanol–water partition coefficient (Wildman–Crippen LogP) is 2.64. The molecule has 2 fully saturated rings. The van der Waals surface area contributed by atoms with Crippen LogP contribution in [0.3, 0.4) is 0 Å². The van der Waals surface area contributed by atoms with Crippen molar-refractivity contribution >= 4 is 0 Å². The zero-order valence-electron chi connectivity index (χ0n) is 10.9. The largest absolute Gasteiger partial charge is 0.313 e. The van der Waals surface area contributed by atoms with Crippen LogP contribution in [0, 0.1) is 5.92 Å². The Labute approximate surface area is 101 Å². The lowest BCUT2D eigenvalue weighted by Crippen LogP contribution is -2.38. The van der Waals surface area contributed by atoms with Crippen LogP contribution in [0.15, 0.2) is 0 Å². The average Bonchev–Trinajstić information content (AvgIpc) is 2.99. The van der Waals surface area contributed by atoms with Gasteiger partial charge in [-0.1, -0.05) is 26.2 Å². The molecule has 0 amide bonds. The van der Waals surface area contributed by atoms with Gasteiger partial charge in [-0.2, -0.15) is 0 Å². The van der Waals surface area contributed by atoms with Crippen molar-refractivity contribution in [3.8, 4) is 0 Å². The van der Waals surface area contributed by atoms with Crippen molar-refractivity contribution in [1.29, 1.82) is 0 Å². The molecule has 1 aliphatic heterocycles. The number of unbranched alkanes of at least 4 members (excludes halogenated alkanes) is 1. The molecule has 0 spiro atoms. The molecule has 16 heavy (non-hydrogen) atoms. The van der Waals surface area contributed by atoms with Crippen molar-refractivity contribution < 1.29 is 0 Å². The molecule has 1 unspecified atom stereocenters. The van der Waals surface area contributed by atoms with Gasteiger partial charge in [0.05, 0.1) is 0 Å². The zero-order chi connectivity index (χ0) is 11.2. The summed E-state index contributed by atoms with van der Waals surface area (Å²) in [7, 11) is 0. The third-order valence-corrected chi connectivity index (χ3v) is 4.02. The maximum atomic E-state index is 3.63. The molecule has 2 nitrogen and oxygen atoms in total. The number of hydrogen-bond donors (Lipinski definition) is 1. The predicted molar refractivity (Wildman–Crippen MR) is 69.7 cm³/mol. The molecule has 2 rings (SSSR count). The van der Waals surface area contributed by atoms with E-state index in [-0.39, 0.29) is 0 Å². The summed E-state index contributed by atoms with van der Waals surface area (Å²) in [4.78, 5) is 2.71. The van der Waals surface area contributed by atoms with Crippen LogP contribution >= 0.6 is 0 Å². The van der Waals surface area contributed by atoms with Gasteiger partial charge < -0.3 is 10.2 Å². The van der Waals surface area contributed by atoms with E-state index in [2.05, 4.69) is 17.1 Å². The van der Waals surface area contributed by atoms with Crippen molar-refractivity contribution in [2.45, 2.75) is 57.9 Å². The van der Waals surface area contributed by atoms with Gasteiger partial charge in [0.2, 0.25) is 0 Å². The van der Waals surface area contributed by atoms with Gasteiger partial charge in [-0.15, -0.1) is 0 Å². The molecule has 0 aromatic carbocycles. The first-order valence-electron chi connectivity index (χ1n) is 7.34. The van der Waals surface area contributed by atoms with Crippen molar-refractivity contribution in [2.75, 3.05) is 26.2 Å². The highest BCUT2D eigenvalue weighted by molar-refractivity contribution is 4.80. The van der Waals surface area contributed by atoms with Crippen LogP contribution in [0.5, 0.6) is 0 Å². The number of nitrogens with one attached hydrogen (secondary N) is 1. The van der Waals surface area contributed by atoms with Gasteiger partial charge in [-0.05, 0) is 51.2 Å². The second-order valence-electron chi connectivity index (χ2n) is 5.68. The summed E-state index contributed by atoms with van der Waals surface area (Å²) in [6.07, 6.45) is 9.94. The minimum absolute atomic E-state index is 0.788. The Bertz CT molecular complexity index is 183. The van der Waals surface area contributed by atoms with Gasteiger partial charge in [-0.3, -0.25) is 0 Å². The summed E-state index contributed by atoms with van der Waals surface area (Å²) in [5.74, 6) is 1.08. The highest BCUT2D eigenvalue weighted by Crippen LogP contribution is 2.32. The molecule has 1 aliphatic carbocycles. The van der Waals surface area contributed by atoms with Crippen LogP contribution in [0.1, 0.15) is 51.9 Å². The third-order valence-electron chi connectivity index (χ3n) is 4.02. The highest BCUT2D eigenvalue weighted by Gasteiger charge is 2.23. The van der Waals surface area contributed by atoms with E-state index in [0.29, 0.717) is 0 Å². The van der Waals surface area contributed by atoms with E-state index in [1.807, 2.05) is 0 Å². The topological polar surface area (TPSA) is 15.3 Å². The fourth-order valence-corrected chi connectivity index (χ4v) is 2.67. The molecule has 1 saturated heterocycles. The molecule has 0 aromatic heterocycles. The Morgan fingerprint density at radius 2 is 2.06 bits per heavy atom. The maximum absolute atomic E-state index is 3.63. The molecule has 2 heteroatoms. The quantitative estimate of drug-likeness (QED) is 0.682. The van der Waals surface area contributed by atoms with Crippen molar-refractivity contribution in [1.82, 2.24) is 10.2 Å². The van der Waals surface area contributed by atoms with Gasteiger partial charge in [-0.25, -0.2) is 0 Å². The van der Waals surface area contributed by atoms with E-state index >= 15 is 0 Å². The Morgan fingerprint density at radius 3 is 2.69 bits per heavy atom. The monoisotopic (exact) mass is 224 g/mol. The van der Waals surface area contributed by atoms with Gasteiger partial charge in [0.25, 0.3) is 0 Å². The molecule has 1 heterocycles. The number of nitrogens with zero attached hydrogens (tertiary/aromatic N) is 1. The molecular weight excluding hydrogens is 196 g/mol. The summed E-state index contributed by atoms with van der Waals surface area (Å²) in [5.41, 5.74) is 0. The molecule has 2 aliphatic rings. The molecule has 0 radical (unpaired) electrons. The zero-order valence-corrected chi connectivity index (χ0v) is 10.9. The Hall–Kier alpha value is -0.0800. The first-order chi connectivity index (χ1) is 7.88. The van der Waals surface area contributed by atoms with Gasteiger partial charge in [0.15, 0.2) is 0 Å². The summed E-state index contributed by atoms with van der Waals surface area (Å²) in [5, 5.41) is 3.63. The Kier molecular flexibility index (Phi) is 5.11. The van der Waals surface area contributed by atoms with Crippen LogP contribution in [0.2, 0.25) is 0 Å². The van der Waals surface area contributed by atoms with Crippen LogP contribution in [0.4, 0.5) is 0 Å². The Balaban J connectivity index is 1.66. The summed E-state index contributed by atoms with van der Waals surface area (Å²) in [6, 6.07) is 0.788. The molecule has 1 N–H and O–H groups in total. The smallest absolute Gasteiger partial charge is 0.0195 e. The minimum atomic E-state index is 0.788. The Morgan fingerprint density at radius 1 is 1.19 bits per heavy atom. The van der Waals surface area contributed by atoms with E-state index in [9.17, 15) is 0 Å². The molecule has 1 atom stereocenters. The van der Waals surface area contributed by atoms with E-state index in [1.165, 1.54) is 71.1 Å². The van der Waals surface area contributed by atoms with E-state index in [4.69, 9.17) is 0 Å². The van der Waals surface area contributed by atoms with Gasteiger partial charge >= 0.3 is 0 Å². The van der Waals surface area contributed by atoms with Gasteiger partial charge in [0.1, 0.15) is 0 Å². The number of hydrogen-bond acceptors (Lipinski definition) is 2.